The summed E-state index contributed by atoms with van der Waals surface area (Å²) < 4.78 is 10.4. The van der Waals surface area contributed by atoms with Gasteiger partial charge in [-0.05, 0) is 36.1 Å². The highest BCUT2D eigenvalue weighted by Gasteiger charge is 2.48. The van der Waals surface area contributed by atoms with E-state index in [1.54, 1.807) is 37.3 Å². The highest BCUT2D eigenvalue weighted by molar-refractivity contribution is 6.51. The smallest absolute Gasteiger partial charge is 0.301 e. The molecular weight excluding hydrogens is 408 g/mol. The molecule has 1 atom stereocenters. The standard InChI is InChI=1S/C25H24N2O5/c1-14(2)16-8-10-17(11-9-16)22-21(23(28)18-6-5-7-19(13-18)31-4)24(29)25(30)27(22)20-12-15(3)32-26-20/h5-14,22,28H,1-4H3. The van der Waals surface area contributed by atoms with Gasteiger partial charge in [0, 0.05) is 11.6 Å². The molecule has 0 aliphatic carbocycles. The number of rotatable bonds is 5. The summed E-state index contributed by atoms with van der Waals surface area (Å²) in [6.45, 7) is 5.87. The lowest BCUT2D eigenvalue weighted by Crippen LogP contribution is -2.29. The minimum absolute atomic E-state index is 0.0128. The molecule has 1 aliphatic heterocycles. The molecule has 1 fully saturated rings. The van der Waals surface area contributed by atoms with Crippen LogP contribution in [0.2, 0.25) is 0 Å². The van der Waals surface area contributed by atoms with Crippen molar-refractivity contribution in [3.05, 3.63) is 82.6 Å². The molecule has 2 heterocycles. The largest absolute Gasteiger partial charge is 0.507 e. The Morgan fingerprint density at radius 2 is 1.84 bits per heavy atom. The van der Waals surface area contributed by atoms with Crippen molar-refractivity contribution in [3.63, 3.8) is 0 Å². The van der Waals surface area contributed by atoms with Gasteiger partial charge in [0.15, 0.2) is 5.82 Å². The lowest BCUT2D eigenvalue weighted by molar-refractivity contribution is -0.132. The summed E-state index contributed by atoms with van der Waals surface area (Å²) in [4.78, 5) is 27.5. The van der Waals surface area contributed by atoms with Gasteiger partial charge in [-0.2, -0.15) is 0 Å². The van der Waals surface area contributed by atoms with Gasteiger partial charge in [0.25, 0.3) is 5.78 Å². The molecule has 1 amide bonds. The van der Waals surface area contributed by atoms with Crippen LogP contribution in [0.4, 0.5) is 5.82 Å². The Bertz CT molecular complexity index is 1210. The number of methoxy groups -OCH3 is 1. The van der Waals surface area contributed by atoms with E-state index in [0.29, 0.717) is 28.6 Å². The van der Waals surface area contributed by atoms with Crippen LogP contribution < -0.4 is 9.64 Å². The van der Waals surface area contributed by atoms with Crippen molar-refractivity contribution < 1.29 is 24.0 Å². The molecule has 1 unspecified atom stereocenters. The van der Waals surface area contributed by atoms with Crippen LogP contribution in [0.3, 0.4) is 0 Å². The van der Waals surface area contributed by atoms with Gasteiger partial charge >= 0.3 is 5.91 Å². The van der Waals surface area contributed by atoms with Gasteiger partial charge < -0.3 is 14.4 Å². The van der Waals surface area contributed by atoms with Gasteiger partial charge in [-0.15, -0.1) is 0 Å². The first-order valence-corrected chi connectivity index (χ1v) is 10.3. The minimum Gasteiger partial charge on any atom is -0.507 e. The van der Waals surface area contributed by atoms with Crippen molar-refractivity contribution in [1.82, 2.24) is 5.16 Å². The second-order valence-electron chi connectivity index (χ2n) is 8.02. The molecule has 1 aromatic heterocycles. The molecule has 2 aromatic carbocycles. The summed E-state index contributed by atoms with van der Waals surface area (Å²) >= 11 is 0. The summed E-state index contributed by atoms with van der Waals surface area (Å²) in [5.41, 5.74) is 2.16. The van der Waals surface area contributed by atoms with Gasteiger partial charge in [0.2, 0.25) is 0 Å². The van der Waals surface area contributed by atoms with Crippen molar-refractivity contribution in [3.8, 4) is 5.75 Å². The monoisotopic (exact) mass is 432 g/mol. The number of ketones is 1. The first-order chi connectivity index (χ1) is 15.3. The first kappa shape index (κ1) is 21.4. The summed E-state index contributed by atoms with van der Waals surface area (Å²) in [5.74, 6) is -0.276. The number of carbonyl (C=O) groups excluding carboxylic acids is 2. The van der Waals surface area contributed by atoms with Crippen molar-refractivity contribution >= 4 is 23.3 Å². The fourth-order valence-corrected chi connectivity index (χ4v) is 3.84. The molecule has 0 radical (unpaired) electrons. The van der Waals surface area contributed by atoms with Gasteiger partial charge in [0.05, 0.1) is 18.7 Å². The third-order valence-corrected chi connectivity index (χ3v) is 5.57. The van der Waals surface area contributed by atoms with E-state index < -0.39 is 17.7 Å². The molecule has 0 saturated carbocycles. The van der Waals surface area contributed by atoms with Gasteiger partial charge in [-0.1, -0.05) is 55.4 Å². The third kappa shape index (κ3) is 3.66. The Morgan fingerprint density at radius 3 is 2.44 bits per heavy atom. The van der Waals surface area contributed by atoms with Gasteiger partial charge in [-0.3, -0.25) is 14.5 Å². The maximum Gasteiger partial charge on any atom is 0.301 e. The maximum atomic E-state index is 13.1. The Kier molecular flexibility index (Phi) is 5.57. The van der Waals surface area contributed by atoms with E-state index in [-0.39, 0.29) is 17.2 Å². The summed E-state index contributed by atoms with van der Waals surface area (Å²) in [6.07, 6.45) is 0. The van der Waals surface area contributed by atoms with Crippen molar-refractivity contribution in [2.75, 3.05) is 12.0 Å². The summed E-state index contributed by atoms with van der Waals surface area (Å²) in [5, 5.41) is 15.1. The van der Waals surface area contributed by atoms with Gasteiger partial charge in [0.1, 0.15) is 17.3 Å². The number of aliphatic hydroxyl groups excluding tert-OH is 1. The zero-order valence-electron chi connectivity index (χ0n) is 18.3. The number of ether oxygens (including phenoxy) is 1. The van der Waals surface area contributed by atoms with E-state index in [1.165, 1.54) is 12.0 Å². The molecule has 1 saturated heterocycles. The number of aliphatic hydroxyl groups is 1. The first-order valence-electron chi connectivity index (χ1n) is 10.3. The quantitative estimate of drug-likeness (QED) is 0.356. The second kappa shape index (κ2) is 8.34. The molecule has 0 spiro atoms. The number of Topliss-reactive ketones (excluding diaryl/α,β-unsaturated/α-hetero) is 1. The fourth-order valence-electron chi connectivity index (χ4n) is 3.84. The molecule has 32 heavy (non-hydrogen) atoms. The predicted octanol–water partition coefficient (Wildman–Crippen LogP) is 4.74. The van der Waals surface area contributed by atoms with E-state index in [2.05, 4.69) is 19.0 Å². The Balaban J connectivity index is 1.92. The zero-order valence-corrected chi connectivity index (χ0v) is 18.3. The minimum atomic E-state index is -0.855. The van der Waals surface area contributed by atoms with Crippen LogP contribution in [0.25, 0.3) is 5.76 Å². The normalized spacial score (nSPS) is 17.9. The van der Waals surface area contributed by atoms with Crippen molar-refractivity contribution in [1.29, 1.82) is 0 Å². The Morgan fingerprint density at radius 1 is 1.12 bits per heavy atom. The van der Waals surface area contributed by atoms with Crippen LogP contribution in [0.1, 0.15) is 48.3 Å². The highest BCUT2D eigenvalue weighted by atomic mass is 16.5. The molecule has 1 aliphatic rings. The third-order valence-electron chi connectivity index (χ3n) is 5.57. The van der Waals surface area contributed by atoms with Crippen LogP contribution in [0, 0.1) is 6.92 Å². The van der Waals surface area contributed by atoms with Crippen molar-refractivity contribution in [2.45, 2.75) is 32.7 Å². The van der Waals surface area contributed by atoms with Crippen LogP contribution in [-0.4, -0.2) is 29.1 Å². The lowest BCUT2D eigenvalue weighted by atomic mass is 9.93. The molecule has 164 valence electrons. The molecule has 4 rings (SSSR count). The van der Waals surface area contributed by atoms with Crippen LogP contribution in [0.15, 0.2) is 64.7 Å². The number of amides is 1. The highest BCUT2D eigenvalue weighted by Crippen LogP contribution is 2.42. The predicted molar refractivity (Wildman–Crippen MR) is 120 cm³/mol. The number of aryl methyl sites for hydroxylation is 1. The molecular formula is C25H24N2O5. The number of anilines is 1. The molecule has 7 heteroatoms. The summed E-state index contributed by atoms with van der Waals surface area (Å²) in [6, 6.07) is 15.1. The lowest BCUT2D eigenvalue weighted by Gasteiger charge is -2.23. The number of nitrogens with zero attached hydrogens (tertiary/aromatic N) is 2. The van der Waals surface area contributed by atoms with E-state index in [0.717, 1.165) is 5.56 Å². The number of hydrogen-bond acceptors (Lipinski definition) is 6. The average molecular weight is 432 g/mol. The Hall–Kier alpha value is -3.87. The number of hydrogen-bond donors (Lipinski definition) is 1. The average Bonchev–Trinajstić information content (AvgIpc) is 3.34. The topological polar surface area (TPSA) is 92.9 Å². The van der Waals surface area contributed by atoms with E-state index in [4.69, 9.17) is 9.26 Å². The van der Waals surface area contributed by atoms with E-state index in [1.807, 2.05) is 24.3 Å². The van der Waals surface area contributed by atoms with Crippen LogP contribution in [-0.2, 0) is 9.59 Å². The fraction of sp³-hybridized carbons (Fsp3) is 0.240. The van der Waals surface area contributed by atoms with E-state index >= 15 is 0 Å². The number of carbonyl (C=O) groups is 2. The molecule has 1 N–H and O–H groups in total. The molecule has 0 bridgehead atoms. The zero-order chi connectivity index (χ0) is 23.0. The second-order valence-corrected chi connectivity index (χ2v) is 8.02. The van der Waals surface area contributed by atoms with Crippen LogP contribution in [0.5, 0.6) is 5.75 Å². The molecule has 7 nitrogen and oxygen atoms in total. The number of aromatic nitrogens is 1. The SMILES string of the molecule is COc1cccc(C(O)=C2C(=O)C(=O)N(c3cc(C)on3)C2c2ccc(C(C)C)cc2)c1. The van der Waals surface area contributed by atoms with Crippen LogP contribution >= 0.6 is 0 Å². The number of benzene rings is 2. The van der Waals surface area contributed by atoms with E-state index in [9.17, 15) is 14.7 Å². The molecule has 3 aromatic rings. The van der Waals surface area contributed by atoms with Crippen molar-refractivity contribution in [2.24, 2.45) is 0 Å². The maximum absolute atomic E-state index is 13.1. The summed E-state index contributed by atoms with van der Waals surface area (Å²) in [7, 11) is 1.52. The van der Waals surface area contributed by atoms with Gasteiger partial charge in [-0.25, -0.2) is 0 Å². The Labute approximate surface area is 185 Å².